The Morgan fingerprint density at radius 3 is 2.27 bits per heavy atom. The van der Waals surface area contributed by atoms with E-state index in [4.69, 9.17) is 24.9 Å². The minimum atomic E-state index is -0.333. The maximum Gasteiger partial charge on any atom is 0.339 e. The number of ether oxygens (including phenoxy) is 2. The molecule has 60 heavy (non-hydrogen) atoms. The number of H-pyrrole nitrogens is 1. The SMILES string of the molecule is C.C.CCc1c(C)sc(NC(=O)c2ccco2)c1C#N.COc1ccc(-c2cn[nH]c2-c2ccc(OC)cc2)cc1.C[N+](=O)c1c(N)ncnc1N1CCc2ccccc21. The zero-order valence-electron chi connectivity index (χ0n) is 32.6. The van der Waals surface area contributed by atoms with Gasteiger partial charge in [0.25, 0.3) is 5.91 Å². The average molecular weight is 829 g/mol. The highest BCUT2D eigenvalue weighted by molar-refractivity contribution is 7.16. The molecule has 0 radical (unpaired) electrons. The van der Waals surface area contributed by atoms with E-state index in [1.54, 1.807) is 26.4 Å². The Labute approximate surface area is 354 Å². The van der Waals surface area contributed by atoms with Crippen molar-refractivity contribution in [1.82, 2.24) is 20.2 Å². The van der Waals surface area contributed by atoms with Crippen LogP contribution in [-0.4, -0.2) is 58.6 Å². The number of carbonyl (C=O) groups excluding carboxylic acids is 1. The molecular weight excluding hydrogens is 779 g/mol. The number of benzene rings is 3. The number of fused-ring (bicyclic) bond motifs is 1. The number of nitrogens with zero attached hydrogens (tertiary/aromatic N) is 6. The van der Waals surface area contributed by atoms with Crippen LogP contribution in [0.5, 0.6) is 11.5 Å². The van der Waals surface area contributed by atoms with Gasteiger partial charge in [-0.1, -0.05) is 52.1 Å². The highest BCUT2D eigenvalue weighted by Crippen LogP contribution is 2.39. The summed E-state index contributed by atoms with van der Waals surface area (Å²) in [5, 5.41) is 19.7. The van der Waals surface area contributed by atoms with Crippen LogP contribution in [0, 0.1) is 23.2 Å². The fourth-order valence-corrected chi connectivity index (χ4v) is 7.57. The number of amides is 1. The van der Waals surface area contributed by atoms with Gasteiger partial charge in [-0.2, -0.15) is 10.4 Å². The second kappa shape index (κ2) is 20.9. The van der Waals surface area contributed by atoms with Crippen LogP contribution in [0.2, 0.25) is 0 Å². The lowest BCUT2D eigenvalue weighted by atomic mass is 10.0. The van der Waals surface area contributed by atoms with Gasteiger partial charge in [-0.3, -0.25) is 9.89 Å². The largest absolute Gasteiger partial charge is 0.497 e. The standard InChI is InChI=1S/C17H16N2O2.C13H14N5O.C13H12N2O2S.2CH4/c1-20-14-7-3-12(4-8-14)16-11-18-19-17(16)13-5-9-15(21-2)10-6-13;1-17(19)11-12(14)15-8-16-13(11)18-7-6-9-4-2-3-5-10(9)18;1-3-9-8(2)18-13(10(9)7-14)15-12(16)11-5-4-6-17-11;;/h3-11H,1-2H3,(H,18,19);2-5,8H,6-7H2,1H3,(H2,14,15,16);4-6H,3H2,1-2H3,(H,15,16);2*1H4/q;+1;;;. The summed E-state index contributed by atoms with van der Waals surface area (Å²) in [5.74, 6) is 2.35. The number of para-hydroxylation sites is 1. The number of aromatic amines is 1. The molecule has 0 fully saturated rings. The molecule has 0 unspecified atom stereocenters. The Morgan fingerprint density at radius 2 is 1.67 bits per heavy atom. The van der Waals surface area contributed by atoms with E-state index in [-0.39, 0.29) is 32.3 Å². The number of nitrogens with two attached hydrogens (primary N) is 1. The van der Waals surface area contributed by atoms with Crippen LogP contribution in [0.1, 0.15) is 53.9 Å². The maximum absolute atomic E-state index is 11.8. The lowest BCUT2D eigenvalue weighted by Crippen LogP contribution is -2.18. The number of aromatic nitrogens is 4. The predicted molar refractivity (Wildman–Crippen MR) is 239 cm³/mol. The number of nitroso groups, excluding NO2 is 1. The van der Waals surface area contributed by atoms with Crippen molar-refractivity contribution >= 4 is 45.3 Å². The molecule has 7 aromatic rings. The molecule has 1 amide bonds. The predicted octanol–water partition coefficient (Wildman–Crippen LogP) is 10.2. The number of furan rings is 1. The van der Waals surface area contributed by atoms with Gasteiger partial charge in [-0.25, -0.2) is 9.97 Å². The summed E-state index contributed by atoms with van der Waals surface area (Å²) < 4.78 is 16.1. The van der Waals surface area contributed by atoms with Crippen molar-refractivity contribution in [2.75, 3.05) is 43.8 Å². The Bertz CT molecular complexity index is 2480. The van der Waals surface area contributed by atoms with Gasteiger partial charge < -0.3 is 29.8 Å². The van der Waals surface area contributed by atoms with Crippen molar-refractivity contribution in [2.24, 2.45) is 0 Å². The number of hydrogen-bond acceptors (Lipinski definition) is 12. The quantitative estimate of drug-likeness (QED) is 0.117. The third-order valence-corrected chi connectivity index (χ3v) is 10.4. The summed E-state index contributed by atoms with van der Waals surface area (Å²) in [5.41, 5.74) is 14.2. The molecule has 0 atom stereocenters. The summed E-state index contributed by atoms with van der Waals surface area (Å²) in [7, 11) is 4.73. The van der Waals surface area contributed by atoms with Crippen molar-refractivity contribution < 1.29 is 23.4 Å². The first-order valence-corrected chi connectivity index (χ1v) is 19.0. The molecule has 1 aliphatic heterocycles. The van der Waals surface area contributed by atoms with Crippen LogP contribution < -0.4 is 25.4 Å². The van der Waals surface area contributed by atoms with Crippen LogP contribution in [0.25, 0.3) is 22.4 Å². The van der Waals surface area contributed by atoms with E-state index < -0.39 is 0 Å². The minimum absolute atomic E-state index is 0. The molecule has 3 aromatic carbocycles. The van der Waals surface area contributed by atoms with Gasteiger partial charge in [0, 0.05) is 37.9 Å². The van der Waals surface area contributed by atoms with Crippen molar-refractivity contribution in [3.8, 4) is 40.0 Å². The fraction of sp³-hybridized carbons (Fsp3) is 0.222. The van der Waals surface area contributed by atoms with Crippen LogP contribution >= 0.6 is 11.3 Å². The van der Waals surface area contributed by atoms with Crippen molar-refractivity contribution in [3.05, 3.63) is 136 Å². The van der Waals surface area contributed by atoms with Gasteiger partial charge in [0.1, 0.15) is 28.9 Å². The summed E-state index contributed by atoms with van der Waals surface area (Å²) >= 11 is 1.42. The molecule has 0 saturated heterocycles. The third kappa shape index (κ3) is 10.0. The van der Waals surface area contributed by atoms with Crippen molar-refractivity contribution in [1.29, 1.82) is 5.26 Å². The summed E-state index contributed by atoms with van der Waals surface area (Å²) in [6, 6.07) is 29.3. The first kappa shape index (κ1) is 45.4. The lowest BCUT2D eigenvalue weighted by molar-refractivity contribution is -0.427. The lowest BCUT2D eigenvalue weighted by Gasteiger charge is -2.17. The number of nitrogens with one attached hydrogen (secondary N) is 2. The van der Waals surface area contributed by atoms with E-state index >= 15 is 0 Å². The van der Waals surface area contributed by atoms with E-state index in [0.717, 1.165) is 69.4 Å². The number of anilines is 4. The average Bonchev–Trinajstić information content (AvgIpc) is 4.08. The van der Waals surface area contributed by atoms with E-state index in [2.05, 4.69) is 37.6 Å². The number of nitrogen functional groups attached to an aromatic ring is 1. The first-order chi connectivity index (χ1) is 28.2. The molecule has 0 bridgehead atoms. The topological polar surface area (TPSA) is 188 Å². The van der Waals surface area contributed by atoms with Crippen LogP contribution in [0.4, 0.5) is 28.0 Å². The van der Waals surface area contributed by atoms with Gasteiger partial charge in [0.2, 0.25) is 11.6 Å². The van der Waals surface area contributed by atoms with Gasteiger partial charge in [0.15, 0.2) is 12.8 Å². The zero-order chi connectivity index (χ0) is 41.2. The third-order valence-electron chi connectivity index (χ3n) is 9.35. The highest BCUT2D eigenvalue weighted by atomic mass is 32.1. The normalized spacial score (nSPS) is 10.9. The second-order valence-electron chi connectivity index (χ2n) is 12.8. The van der Waals surface area contributed by atoms with Gasteiger partial charge >= 0.3 is 5.69 Å². The smallest absolute Gasteiger partial charge is 0.339 e. The Morgan fingerprint density at radius 1 is 1.00 bits per heavy atom. The number of methoxy groups -OCH3 is 2. The maximum atomic E-state index is 11.8. The summed E-state index contributed by atoms with van der Waals surface area (Å²) in [6.07, 6.45) is 6.38. The molecular formula is C45H50N9O5S+. The number of rotatable bonds is 9. The number of aryl methyl sites for hydroxylation is 1. The van der Waals surface area contributed by atoms with Gasteiger partial charge in [0.05, 0.1) is 37.9 Å². The fourth-order valence-electron chi connectivity index (χ4n) is 6.48. The molecule has 0 saturated carbocycles. The molecule has 4 N–H and O–H groups in total. The first-order valence-electron chi connectivity index (χ1n) is 18.2. The van der Waals surface area contributed by atoms with E-state index in [0.29, 0.717) is 26.8 Å². The Hall–Kier alpha value is -7.31. The molecule has 0 spiro atoms. The van der Waals surface area contributed by atoms with E-state index in [1.807, 2.05) is 91.7 Å². The molecule has 1 aliphatic rings. The minimum Gasteiger partial charge on any atom is -0.497 e. The molecule has 4 aromatic heterocycles. The molecule has 8 rings (SSSR count). The number of hydrogen-bond donors (Lipinski definition) is 3. The van der Waals surface area contributed by atoms with Crippen molar-refractivity contribution in [3.63, 3.8) is 0 Å². The van der Waals surface area contributed by atoms with Crippen LogP contribution in [0.15, 0.2) is 108 Å². The monoisotopic (exact) mass is 828 g/mol. The van der Waals surface area contributed by atoms with Crippen molar-refractivity contribution in [2.45, 2.75) is 41.5 Å². The molecule has 15 heteroatoms. The number of nitriles is 1. The molecule has 310 valence electrons. The Balaban J connectivity index is 0.000000196. The zero-order valence-corrected chi connectivity index (χ0v) is 33.5. The van der Waals surface area contributed by atoms with Crippen LogP contribution in [-0.2, 0) is 12.8 Å². The highest BCUT2D eigenvalue weighted by Gasteiger charge is 2.30. The van der Waals surface area contributed by atoms with Gasteiger partial charge in [-0.05, 0) is 91.1 Å². The second-order valence-corrected chi connectivity index (χ2v) is 14.0. The summed E-state index contributed by atoms with van der Waals surface area (Å²) in [4.78, 5) is 34.7. The van der Waals surface area contributed by atoms with Crippen LogP contribution in [0.3, 0.4) is 0 Å². The molecule has 5 heterocycles. The van der Waals surface area contributed by atoms with Gasteiger partial charge in [-0.15, -0.1) is 11.3 Å². The summed E-state index contributed by atoms with van der Waals surface area (Å²) in [6.45, 7) is 4.73. The van der Waals surface area contributed by atoms with E-state index in [9.17, 15) is 9.70 Å². The number of carbonyl (C=O) groups is 1. The number of thiophene rings is 1. The Kier molecular flexibility index (Phi) is 15.8. The molecule has 0 aliphatic carbocycles. The van der Waals surface area contributed by atoms with E-state index in [1.165, 1.54) is 36.5 Å². The molecule has 14 nitrogen and oxygen atoms in total.